The number of hydrogen-bond acceptors (Lipinski definition) is 4. The topological polar surface area (TPSA) is 58.4 Å². The van der Waals surface area contributed by atoms with E-state index >= 15 is 0 Å². The van der Waals surface area contributed by atoms with Gasteiger partial charge < -0.3 is 9.80 Å². The fourth-order valence-electron chi connectivity index (χ4n) is 3.13. The van der Waals surface area contributed by atoms with Crippen molar-refractivity contribution in [1.82, 2.24) is 14.7 Å². The Hall–Kier alpha value is -1.50. The molecule has 2 amide bonds. The summed E-state index contributed by atoms with van der Waals surface area (Å²) in [4.78, 5) is 28.5. The van der Waals surface area contributed by atoms with Crippen LogP contribution in [0.5, 0.6) is 0 Å². The van der Waals surface area contributed by atoms with Gasteiger partial charge in [0.25, 0.3) is 0 Å². The van der Waals surface area contributed by atoms with Gasteiger partial charge in [0.15, 0.2) is 0 Å². The van der Waals surface area contributed by atoms with Crippen LogP contribution in [0.25, 0.3) is 0 Å². The monoisotopic (exact) mass is 336 g/mol. The van der Waals surface area contributed by atoms with Gasteiger partial charge in [0, 0.05) is 50.3 Å². The van der Waals surface area contributed by atoms with Crippen LogP contribution in [-0.2, 0) is 16.1 Å². The van der Waals surface area contributed by atoms with Crippen LogP contribution in [0.1, 0.15) is 20.3 Å². The van der Waals surface area contributed by atoms with E-state index < -0.39 is 0 Å². The van der Waals surface area contributed by atoms with E-state index in [1.54, 1.807) is 11.1 Å². The predicted octanol–water partition coefficient (Wildman–Crippen LogP) is 1.47. The molecule has 23 heavy (non-hydrogen) atoms. The zero-order chi connectivity index (χ0) is 16.4. The van der Waals surface area contributed by atoms with Gasteiger partial charge in [0.2, 0.25) is 11.8 Å². The maximum Gasteiger partial charge on any atom is 0.228 e. The van der Waals surface area contributed by atoms with Crippen molar-refractivity contribution < 1.29 is 9.59 Å². The molecule has 2 fully saturated rings. The number of aromatic nitrogens is 2. The minimum Gasteiger partial charge on any atom is -0.341 e. The van der Waals surface area contributed by atoms with Crippen LogP contribution in [0.4, 0.5) is 5.69 Å². The fraction of sp³-hybridized carbons (Fsp3) is 0.688. The lowest BCUT2D eigenvalue weighted by atomic mass is 10.1. The third-order valence-corrected chi connectivity index (χ3v) is 5.22. The first-order valence-electron chi connectivity index (χ1n) is 8.24. The molecule has 0 aliphatic carbocycles. The largest absolute Gasteiger partial charge is 0.341 e. The highest BCUT2D eigenvalue weighted by Crippen LogP contribution is 2.27. The van der Waals surface area contributed by atoms with Crippen molar-refractivity contribution in [2.45, 2.75) is 26.8 Å². The van der Waals surface area contributed by atoms with Gasteiger partial charge in [0.05, 0.1) is 17.8 Å². The molecule has 2 aliphatic heterocycles. The molecule has 0 spiro atoms. The van der Waals surface area contributed by atoms with E-state index in [1.807, 2.05) is 27.5 Å². The summed E-state index contributed by atoms with van der Waals surface area (Å²) in [5, 5.41) is 4.32. The maximum atomic E-state index is 12.6. The van der Waals surface area contributed by atoms with Crippen molar-refractivity contribution >= 4 is 29.3 Å². The van der Waals surface area contributed by atoms with Crippen LogP contribution < -0.4 is 4.90 Å². The number of carbonyl (C=O) groups excluding carboxylic acids is 2. The van der Waals surface area contributed by atoms with Gasteiger partial charge in [-0.3, -0.25) is 14.3 Å². The second kappa shape index (κ2) is 6.95. The van der Waals surface area contributed by atoms with E-state index in [0.29, 0.717) is 18.9 Å². The number of rotatable bonds is 4. The molecule has 3 rings (SSSR count). The molecule has 1 atom stereocenters. The minimum atomic E-state index is -0.209. The Morgan fingerprint density at radius 2 is 2.13 bits per heavy atom. The van der Waals surface area contributed by atoms with Gasteiger partial charge >= 0.3 is 0 Å². The SMILES string of the molecule is CC(C)Cn1cc(N2C[C@H](C(=O)N3CCSCC3)CC2=O)cn1. The number of hydrogen-bond donors (Lipinski definition) is 0. The average Bonchev–Trinajstić information content (AvgIpc) is 3.13. The van der Waals surface area contributed by atoms with E-state index in [-0.39, 0.29) is 17.7 Å². The molecule has 126 valence electrons. The molecule has 7 heteroatoms. The normalized spacial score (nSPS) is 22.2. The second-order valence-corrected chi connectivity index (χ2v) is 7.88. The van der Waals surface area contributed by atoms with Crippen LogP contribution >= 0.6 is 11.8 Å². The fourth-order valence-corrected chi connectivity index (χ4v) is 4.03. The summed E-state index contributed by atoms with van der Waals surface area (Å²) >= 11 is 1.88. The molecule has 2 saturated heterocycles. The molecule has 0 N–H and O–H groups in total. The average molecular weight is 336 g/mol. The van der Waals surface area contributed by atoms with E-state index in [1.165, 1.54) is 0 Å². The summed E-state index contributed by atoms with van der Waals surface area (Å²) in [5.74, 6) is 2.45. The van der Waals surface area contributed by atoms with Crippen molar-refractivity contribution in [3.63, 3.8) is 0 Å². The Bertz CT molecular complexity index is 580. The van der Waals surface area contributed by atoms with Crippen molar-refractivity contribution in [1.29, 1.82) is 0 Å². The van der Waals surface area contributed by atoms with E-state index in [2.05, 4.69) is 18.9 Å². The summed E-state index contributed by atoms with van der Waals surface area (Å²) in [6, 6.07) is 0. The minimum absolute atomic E-state index is 0.0267. The van der Waals surface area contributed by atoms with Crippen molar-refractivity contribution in [3.8, 4) is 0 Å². The Labute approximate surface area is 141 Å². The molecule has 0 radical (unpaired) electrons. The summed E-state index contributed by atoms with van der Waals surface area (Å²) in [6.07, 6.45) is 3.95. The molecular formula is C16H24N4O2S. The van der Waals surface area contributed by atoms with Gasteiger partial charge in [-0.2, -0.15) is 16.9 Å². The second-order valence-electron chi connectivity index (χ2n) is 6.66. The van der Waals surface area contributed by atoms with Crippen LogP contribution in [-0.4, -0.2) is 57.6 Å². The van der Waals surface area contributed by atoms with Crippen LogP contribution in [0.3, 0.4) is 0 Å². The first-order chi connectivity index (χ1) is 11.0. The zero-order valence-corrected chi connectivity index (χ0v) is 14.6. The van der Waals surface area contributed by atoms with E-state index in [9.17, 15) is 9.59 Å². The lowest BCUT2D eigenvalue weighted by molar-refractivity contribution is -0.135. The third kappa shape index (κ3) is 3.71. The summed E-state index contributed by atoms with van der Waals surface area (Å²) < 4.78 is 1.87. The van der Waals surface area contributed by atoms with Crippen LogP contribution in [0.2, 0.25) is 0 Å². The van der Waals surface area contributed by atoms with Gasteiger partial charge in [-0.15, -0.1) is 0 Å². The Morgan fingerprint density at radius 3 is 2.83 bits per heavy atom. The third-order valence-electron chi connectivity index (χ3n) is 4.28. The summed E-state index contributed by atoms with van der Waals surface area (Å²) in [6.45, 7) is 7.19. The van der Waals surface area contributed by atoms with E-state index in [4.69, 9.17) is 0 Å². The molecule has 0 aromatic carbocycles. The number of nitrogens with zero attached hydrogens (tertiary/aromatic N) is 4. The van der Waals surface area contributed by atoms with Gasteiger partial charge in [-0.1, -0.05) is 13.8 Å². The first-order valence-corrected chi connectivity index (χ1v) is 9.39. The molecular weight excluding hydrogens is 312 g/mol. The Balaban J connectivity index is 1.65. The van der Waals surface area contributed by atoms with Gasteiger partial charge in [-0.05, 0) is 5.92 Å². The lowest BCUT2D eigenvalue weighted by Crippen LogP contribution is -2.42. The molecule has 0 saturated carbocycles. The Kier molecular flexibility index (Phi) is 4.94. The summed E-state index contributed by atoms with van der Waals surface area (Å²) in [7, 11) is 0. The molecule has 6 nitrogen and oxygen atoms in total. The zero-order valence-electron chi connectivity index (χ0n) is 13.8. The quantitative estimate of drug-likeness (QED) is 0.835. The molecule has 0 bridgehead atoms. The van der Waals surface area contributed by atoms with Crippen LogP contribution in [0, 0.1) is 11.8 Å². The highest BCUT2D eigenvalue weighted by molar-refractivity contribution is 7.99. The standard InChI is InChI=1S/C16H24N4O2S/c1-12(2)9-19-11-14(8-17-19)20-10-13(7-15(20)21)16(22)18-3-5-23-6-4-18/h8,11-13H,3-7,9-10H2,1-2H3/t13-/m1/s1. The number of carbonyl (C=O) groups is 2. The van der Waals surface area contributed by atoms with Gasteiger partial charge in [0.1, 0.15) is 0 Å². The highest BCUT2D eigenvalue weighted by atomic mass is 32.2. The Morgan fingerprint density at radius 1 is 1.39 bits per heavy atom. The molecule has 0 unspecified atom stereocenters. The molecule has 1 aromatic heterocycles. The molecule has 1 aromatic rings. The first kappa shape index (κ1) is 16.4. The number of thioether (sulfide) groups is 1. The van der Waals surface area contributed by atoms with Crippen molar-refractivity contribution in [3.05, 3.63) is 12.4 Å². The van der Waals surface area contributed by atoms with Crippen molar-refractivity contribution in [2.75, 3.05) is 36.0 Å². The molecule has 2 aliphatic rings. The number of anilines is 1. The highest BCUT2D eigenvalue weighted by Gasteiger charge is 2.37. The molecule has 3 heterocycles. The van der Waals surface area contributed by atoms with Gasteiger partial charge in [-0.25, -0.2) is 0 Å². The van der Waals surface area contributed by atoms with E-state index in [0.717, 1.165) is 36.8 Å². The maximum absolute atomic E-state index is 12.6. The van der Waals surface area contributed by atoms with Crippen molar-refractivity contribution in [2.24, 2.45) is 11.8 Å². The summed E-state index contributed by atoms with van der Waals surface area (Å²) in [5.41, 5.74) is 0.806. The smallest absolute Gasteiger partial charge is 0.228 e. The lowest BCUT2D eigenvalue weighted by Gasteiger charge is -2.28. The number of amides is 2. The van der Waals surface area contributed by atoms with Crippen LogP contribution in [0.15, 0.2) is 12.4 Å². The predicted molar refractivity (Wildman–Crippen MR) is 91.4 cm³/mol.